The van der Waals surface area contributed by atoms with Crippen LogP contribution in [0.4, 0.5) is 4.39 Å². The van der Waals surface area contributed by atoms with E-state index in [0.717, 1.165) is 17.0 Å². The van der Waals surface area contributed by atoms with Gasteiger partial charge in [0.15, 0.2) is 0 Å². The van der Waals surface area contributed by atoms with Gasteiger partial charge in [0, 0.05) is 22.4 Å². The van der Waals surface area contributed by atoms with E-state index in [9.17, 15) is 4.39 Å². The van der Waals surface area contributed by atoms with Gasteiger partial charge in [-0.25, -0.2) is 4.39 Å². The number of halogens is 2. The first-order valence-corrected chi connectivity index (χ1v) is 7.70. The Labute approximate surface area is 128 Å². The van der Waals surface area contributed by atoms with Gasteiger partial charge in [-0.3, -0.25) is 0 Å². The molecule has 0 spiro atoms. The van der Waals surface area contributed by atoms with E-state index in [4.69, 9.17) is 11.6 Å². The Morgan fingerprint density at radius 3 is 2.60 bits per heavy atom. The summed E-state index contributed by atoms with van der Waals surface area (Å²) < 4.78 is 13.8. The van der Waals surface area contributed by atoms with Crippen LogP contribution in [0.1, 0.15) is 19.4 Å². The maximum absolute atomic E-state index is 13.8. The molecule has 4 heteroatoms. The summed E-state index contributed by atoms with van der Waals surface area (Å²) in [6.45, 7) is 4.90. The minimum Gasteiger partial charge on any atom is -0.310 e. The SMILES string of the molecule is CC(C)NCc1cccc(Cl)c1Sc1ccccc1F. The fraction of sp³-hybridized carbons (Fsp3) is 0.250. The summed E-state index contributed by atoms with van der Waals surface area (Å²) in [6, 6.07) is 12.9. The molecule has 0 fully saturated rings. The summed E-state index contributed by atoms with van der Waals surface area (Å²) in [4.78, 5) is 1.50. The van der Waals surface area contributed by atoms with Crippen molar-refractivity contribution in [3.63, 3.8) is 0 Å². The van der Waals surface area contributed by atoms with Crippen LogP contribution in [0, 0.1) is 5.82 Å². The first kappa shape index (κ1) is 15.4. The molecule has 0 bridgehead atoms. The summed E-state index contributed by atoms with van der Waals surface area (Å²) >= 11 is 7.65. The van der Waals surface area contributed by atoms with Gasteiger partial charge in [-0.2, -0.15) is 0 Å². The van der Waals surface area contributed by atoms with Crippen LogP contribution in [0.15, 0.2) is 52.3 Å². The molecule has 0 aromatic heterocycles. The highest BCUT2D eigenvalue weighted by molar-refractivity contribution is 7.99. The maximum atomic E-state index is 13.8. The number of nitrogens with one attached hydrogen (secondary N) is 1. The lowest BCUT2D eigenvalue weighted by atomic mass is 10.2. The van der Waals surface area contributed by atoms with Crippen LogP contribution in [-0.2, 0) is 6.54 Å². The molecule has 0 aliphatic carbocycles. The van der Waals surface area contributed by atoms with Crippen LogP contribution < -0.4 is 5.32 Å². The summed E-state index contributed by atoms with van der Waals surface area (Å²) in [5, 5.41) is 4.02. The van der Waals surface area contributed by atoms with Gasteiger partial charge in [-0.1, -0.05) is 61.5 Å². The third-order valence-corrected chi connectivity index (χ3v) is 4.46. The maximum Gasteiger partial charge on any atom is 0.137 e. The Hall–Kier alpha value is -1.03. The molecule has 2 aromatic carbocycles. The van der Waals surface area contributed by atoms with E-state index in [-0.39, 0.29) is 5.82 Å². The van der Waals surface area contributed by atoms with E-state index in [0.29, 0.717) is 16.0 Å². The molecule has 0 saturated carbocycles. The smallest absolute Gasteiger partial charge is 0.137 e. The molecule has 0 atom stereocenters. The second-order valence-electron chi connectivity index (χ2n) is 4.80. The van der Waals surface area contributed by atoms with E-state index in [1.165, 1.54) is 17.8 Å². The second kappa shape index (κ2) is 7.11. The highest BCUT2D eigenvalue weighted by Crippen LogP contribution is 2.37. The van der Waals surface area contributed by atoms with Crippen molar-refractivity contribution in [2.75, 3.05) is 0 Å². The van der Waals surface area contributed by atoms with Gasteiger partial charge < -0.3 is 5.32 Å². The molecular weight excluding hydrogens is 293 g/mol. The van der Waals surface area contributed by atoms with Crippen molar-refractivity contribution in [1.82, 2.24) is 5.32 Å². The van der Waals surface area contributed by atoms with E-state index in [1.54, 1.807) is 12.1 Å². The van der Waals surface area contributed by atoms with Gasteiger partial charge in [0.25, 0.3) is 0 Å². The zero-order valence-electron chi connectivity index (χ0n) is 11.5. The van der Waals surface area contributed by atoms with Crippen LogP contribution in [0.5, 0.6) is 0 Å². The van der Waals surface area contributed by atoms with Crippen molar-refractivity contribution in [2.24, 2.45) is 0 Å². The molecule has 20 heavy (non-hydrogen) atoms. The van der Waals surface area contributed by atoms with Crippen molar-refractivity contribution >= 4 is 23.4 Å². The lowest BCUT2D eigenvalue weighted by Gasteiger charge is -2.14. The summed E-state index contributed by atoms with van der Waals surface area (Å²) in [5.41, 5.74) is 1.08. The zero-order chi connectivity index (χ0) is 14.5. The molecule has 0 heterocycles. The molecule has 0 amide bonds. The lowest BCUT2D eigenvalue weighted by Crippen LogP contribution is -2.22. The van der Waals surface area contributed by atoms with Gasteiger partial charge in [-0.05, 0) is 23.8 Å². The summed E-state index contributed by atoms with van der Waals surface area (Å²) in [7, 11) is 0. The monoisotopic (exact) mass is 309 g/mol. The Morgan fingerprint density at radius 1 is 1.15 bits per heavy atom. The van der Waals surface area contributed by atoms with E-state index in [2.05, 4.69) is 19.2 Å². The van der Waals surface area contributed by atoms with Crippen LogP contribution in [0.2, 0.25) is 5.02 Å². The third-order valence-electron chi connectivity index (χ3n) is 2.80. The molecule has 0 aliphatic heterocycles. The Balaban J connectivity index is 2.28. The molecule has 0 saturated heterocycles. The third kappa shape index (κ3) is 3.98. The van der Waals surface area contributed by atoms with Gasteiger partial charge in [0.1, 0.15) is 5.82 Å². The number of benzene rings is 2. The van der Waals surface area contributed by atoms with Crippen molar-refractivity contribution in [2.45, 2.75) is 36.2 Å². The van der Waals surface area contributed by atoms with Crippen molar-refractivity contribution in [3.8, 4) is 0 Å². The van der Waals surface area contributed by atoms with E-state index < -0.39 is 0 Å². The Bertz CT molecular complexity index is 586. The van der Waals surface area contributed by atoms with E-state index in [1.807, 2.05) is 24.3 Å². The fourth-order valence-corrected chi connectivity index (χ4v) is 3.04. The highest BCUT2D eigenvalue weighted by atomic mass is 35.5. The van der Waals surface area contributed by atoms with Gasteiger partial charge in [-0.15, -0.1) is 0 Å². The largest absolute Gasteiger partial charge is 0.310 e. The van der Waals surface area contributed by atoms with Gasteiger partial charge in [0.05, 0.1) is 5.02 Å². The Kier molecular flexibility index (Phi) is 5.46. The molecule has 2 aromatic rings. The average molecular weight is 310 g/mol. The van der Waals surface area contributed by atoms with Crippen molar-refractivity contribution < 1.29 is 4.39 Å². The fourth-order valence-electron chi connectivity index (χ4n) is 1.76. The topological polar surface area (TPSA) is 12.0 Å². The van der Waals surface area contributed by atoms with Crippen molar-refractivity contribution in [3.05, 3.63) is 58.9 Å². The summed E-state index contributed by atoms with van der Waals surface area (Å²) in [5.74, 6) is -0.222. The predicted octanol–water partition coefficient (Wildman–Crippen LogP) is 5.13. The summed E-state index contributed by atoms with van der Waals surface area (Å²) in [6.07, 6.45) is 0. The molecular formula is C16H17ClFNS. The minimum absolute atomic E-state index is 0.222. The van der Waals surface area contributed by atoms with Gasteiger partial charge >= 0.3 is 0 Å². The second-order valence-corrected chi connectivity index (χ2v) is 6.26. The molecule has 0 unspecified atom stereocenters. The predicted molar refractivity (Wildman–Crippen MR) is 84.0 cm³/mol. The molecule has 0 aliphatic rings. The average Bonchev–Trinajstić information content (AvgIpc) is 2.41. The Morgan fingerprint density at radius 2 is 1.90 bits per heavy atom. The molecule has 2 rings (SSSR count). The van der Waals surface area contributed by atoms with Crippen LogP contribution >= 0.6 is 23.4 Å². The first-order valence-electron chi connectivity index (χ1n) is 6.51. The van der Waals surface area contributed by atoms with Crippen molar-refractivity contribution in [1.29, 1.82) is 0 Å². The standard InChI is InChI=1S/C16H17ClFNS/c1-11(2)19-10-12-6-5-7-13(17)16(12)20-15-9-4-3-8-14(15)18/h3-9,11,19H,10H2,1-2H3. The highest BCUT2D eigenvalue weighted by Gasteiger charge is 2.11. The van der Waals surface area contributed by atoms with E-state index >= 15 is 0 Å². The van der Waals surface area contributed by atoms with Crippen LogP contribution in [0.3, 0.4) is 0 Å². The quantitative estimate of drug-likeness (QED) is 0.822. The lowest BCUT2D eigenvalue weighted by molar-refractivity contribution is 0.584. The molecule has 1 N–H and O–H groups in total. The number of hydrogen-bond acceptors (Lipinski definition) is 2. The first-order chi connectivity index (χ1) is 9.58. The number of rotatable bonds is 5. The van der Waals surface area contributed by atoms with Gasteiger partial charge in [0.2, 0.25) is 0 Å². The minimum atomic E-state index is -0.222. The molecule has 106 valence electrons. The molecule has 1 nitrogen and oxygen atoms in total. The number of hydrogen-bond donors (Lipinski definition) is 1. The zero-order valence-corrected chi connectivity index (χ0v) is 13.1. The van der Waals surface area contributed by atoms with Crippen LogP contribution in [-0.4, -0.2) is 6.04 Å². The normalized spacial score (nSPS) is 11.1. The van der Waals surface area contributed by atoms with Crippen LogP contribution in [0.25, 0.3) is 0 Å². The molecule has 0 radical (unpaired) electrons.